The fourth-order valence-corrected chi connectivity index (χ4v) is 4.08. The lowest BCUT2D eigenvalue weighted by Crippen LogP contribution is -2.24. The molecule has 0 bridgehead atoms. The van der Waals surface area contributed by atoms with Crippen LogP contribution in [0.4, 0.5) is 26.0 Å². The van der Waals surface area contributed by atoms with E-state index >= 15 is 0 Å². The summed E-state index contributed by atoms with van der Waals surface area (Å²) in [6.07, 6.45) is 0.476. The van der Waals surface area contributed by atoms with Gasteiger partial charge in [-0.3, -0.25) is 9.78 Å². The Morgan fingerprint density at radius 1 is 1.03 bits per heavy atom. The predicted octanol–water partition coefficient (Wildman–Crippen LogP) is 5.25. The fraction of sp³-hybridized carbons (Fsp3) is 0.321. The maximum absolute atomic E-state index is 12.9. The first-order valence-corrected chi connectivity index (χ1v) is 12.3. The van der Waals surface area contributed by atoms with Crippen molar-refractivity contribution in [1.29, 1.82) is 0 Å². The molecule has 0 aliphatic rings. The molecule has 0 spiro atoms. The minimum Gasteiger partial charge on any atom is -0.481 e. The third-order valence-corrected chi connectivity index (χ3v) is 6.37. The van der Waals surface area contributed by atoms with Gasteiger partial charge in [-0.15, -0.1) is 0 Å². The smallest absolute Gasteiger partial charge is 0.265 e. The number of nitrogens with zero attached hydrogens (tertiary/aromatic N) is 6. The molecule has 39 heavy (non-hydrogen) atoms. The zero-order valence-electron chi connectivity index (χ0n) is 22.7. The number of ether oxygens (including phenoxy) is 1. The lowest BCUT2D eigenvalue weighted by Gasteiger charge is -2.22. The minimum atomic E-state index is -2.57. The van der Waals surface area contributed by atoms with E-state index in [1.165, 1.54) is 24.3 Å². The number of carbonyl (C=O) groups excluding carboxylic acids is 1. The second-order valence-corrected chi connectivity index (χ2v) is 9.39. The van der Waals surface area contributed by atoms with Crippen LogP contribution in [-0.4, -0.2) is 59.0 Å². The molecule has 4 aromatic rings. The van der Waals surface area contributed by atoms with Gasteiger partial charge < -0.3 is 19.9 Å². The molecule has 0 aliphatic heterocycles. The van der Waals surface area contributed by atoms with Gasteiger partial charge in [0.15, 0.2) is 0 Å². The number of methoxy groups -OCH3 is 1. The molecule has 1 N–H and O–H groups in total. The van der Waals surface area contributed by atoms with Gasteiger partial charge in [0.05, 0.1) is 42.7 Å². The molecule has 3 heterocycles. The van der Waals surface area contributed by atoms with Crippen LogP contribution in [0.3, 0.4) is 0 Å². The van der Waals surface area contributed by atoms with Crippen LogP contribution in [0.1, 0.15) is 42.0 Å². The third-order valence-electron chi connectivity index (χ3n) is 6.37. The Labute approximate surface area is 225 Å². The Balaban J connectivity index is 1.66. The fourth-order valence-electron chi connectivity index (χ4n) is 4.08. The second-order valence-electron chi connectivity index (χ2n) is 9.39. The molecule has 11 heteroatoms. The summed E-state index contributed by atoms with van der Waals surface area (Å²) in [6, 6.07) is 10.4. The maximum Gasteiger partial charge on any atom is 0.265 e. The summed E-state index contributed by atoms with van der Waals surface area (Å²) in [5, 5.41) is 4.15. The van der Waals surface area contributed by atoms with Gasteiger partial charge in [-0.2, -0.15) is 0 Å². The number of anilines is 3. The molecule has 0 radical (unpaired) electrons. The first-order valence-electron chi connectivity index (χ1n) is 12.3. The highest BCUT2D eigenvalue weighted by Gasteiger charge is 2.17. The van der Waals surface area contributed by atoms with Crippen molar-refractivity contribution in [2.45, 2.75) is 32.7 Å². The Bertz CT molecular complexity index is 1480. The molecular formula is C28H31F2N7O2. The van der Waals surface area contributed by atoms with Gasteiger partial charge in [-0.05, 0) is 50.2 Å². The molecule has 0 saturated carbocycles. The van der Waals surface area contributed by atoms with Crippen molar-refractivity contribution in [1.82, 2.24) is 24.8 Å². The standard InChI is InChI=1S/C28H31F2N7O2/c1-16(23-9-7-18(14-31-23)26(29)30)33-27-22-13-20(8-10-24(22)34-17(2)35-27)37(5)21-11-19(12-25(38)36(3)4)28(39-6)32-15-21/h7-11,13-16,26H,12H2,1-6H3,(H,33,34,35)/t16-/m1/s1. The highest BCUT2D eigenvalue weighted by Crippen LogP contribution is 2.32. The van der Waals surface area contributed by atoms with Crippen LogP contribution >= 0.6 is 0 Å². The molecule has 1 atom stereocenters. The number of halogens is 2. The molecule has 0 saturated heterocycles. The van der Waals surface area contributed by atoms with Crippen LogP contribution in [0.5, 0.6) is 5.88 Å². The van der Waals surface area contributed by atoms with Crippen LogP contribution in [0, 0.1) is 6.92 Å². The van der Waals surface area contributed by atoms with Gasteiger partial charge >= 0.3 is 0 Å². The average molecular weight is 536 g/mol. The number of likely N-dealkylation sites (N-methyl/N-ethyl adjacent to an activating group) is 1. The van der Waals surface area contributed by atoms with E-state index in [4.69, 9.17) is 4.74 Å². The van der Waals surface area contributed by atoms with Crippen molar-refractivity contribution in [2.24, 2.45) is 0 Å². The van der Waals surface area contributed by atoms with Gasteiger partial charge in [0.25, 0.3) is 6.43 Å². The van der Waals surface area contributed by atoms with Gasteiger partial charge in [-0.1, -0.05) is 0 Å². The van der Waals surface area contributed by atoms with Crippen molar-refractivity contribution < 1.29 is 18.3 Å². The summed E-state index contributed by atoms with van der Waals surface area (Å²) < 4.78 is 31.2. The number of fused-ring (bicyclic) bond motifs is 1. The van der Waals surface area contributed by atoms with E-state index in [0.717, 1.165) is 22.3 Å². The van der Waals surface area contributed by atoms with Gasteiger partial charge in [0, 0.05) is 49.5 Å². The van der Waals surface area contributed by atoms with Crippen molar-refractivity contribution in [3.63, 3.8) is 0 Å². The number of hydrogen-bond donors (Lipinski definition) is 1. The first kappa shape index (κ1) is 27.6. The number of pyridine rings is 2. The van der Waals surface area contributed by atoms with Crippen LogP contribution in [0.25, 0.3) is 10.9 Å². The molecule has 9 nitrogen and oxygen atoms in total. The SMILES string of the molecule is COc1ncc(N(C)c2ccc3nc(C)nc(N[C@H](C)c4ccc(C(F)F)cn4)c3c2)cc1CC(=O)N(C)C. The first-order chi connectivity index (χ1) is 18.6. The van der Waals surface area contributed by atoms with E-state index < -0.39 is 6.43 Å². The summed E-state index contributed by atoms with van der Waals surface area (Å²) in [7, 11) is 6.84. The molecule has 204 valence electrons. The topological polar surface area (TPSA) is 96.4 Å². The number of nitrogens with one attached hydrogen (secondary N) is 1. The van der Waals surface area contributed by atoms with Gasteiger partial charge in [0.1, 0.15) is 11.6 Å². The van der Waals surface area contributed by atoms with Crippen LogP contribution in [-0.2, 0) is 11.2 Å². The lowest BCUT2D eigenvalue weighted by atomic mass is 10.1. The largest absolute Gasteiger partial charge is 0.481 e. The molecular weight excluding hydrogens is 504 g/mol. The quantitative estimate of drug-likeness (QED) is 0.311. The number of alkyl halides is 2. The van der Waals surface area contributed by atoms with E-state index in [0.29, 0.717) is 28.8 Å². The molecule has 0 aliphatic carbocycles. The summed E-state index contributed by atoms with van der Waals surface area (Å²) in [4.78, 5) is 33.6. The summed E-state index contributed by atoms with van der Waals surface area (Å²) >= 11 is 0. The van der Waals surface area contributed by atoms with Crippen LogP contribution in [0.2, 0.25) is 0 Å². The van der Waals surface area contributed by atoms with Crippen molar-refractivity contribution in [3.8, 4) is 5.88 Å². The summed E-state index contributed by atoms with van der Waals surface area (Å²) in [5.74, 6) is 1.54. The monoisotopic (exact) mass is 535 g/mol. The predicted molar refractivity (Wildman–Crippen MR) is 147 cm³/mol. The van der Waals surface area contributed by atoms with Crippen molar-refractivity contribution >= 4 is 34.0 Å². The Morgan fingerprint density at radius 2 is 1.79 bits per heavy atom. The highest BCUT2D eigenvalue weighted by molar-refractivity contribution is 5.92. The molecule has 1 amide bonds. The van der Waals surface area contributed by atoms with E-state index in [2.05, 4.69) is 25.3 Å². The third kappa shape index (κ3) is 6.19. The van der Waals surface area contributed by atoms with Crippen molar-refractivity contribution in [3.05, 3.63) is 71.4 Å². The zero-order chi connectivity index (χ0) is 28.3. The van der Waals surface area contributed by atoms with Crippen LogP contribution < -0.4 is 15.0 Å². The molecule has 4 rings (SSSR count). The number of aryl methyl sites for hydroxylation is 1. The maximum atomic E-state index is 12.9. The lowest BCUT2D eigenvalue weighted by molar-refractivity contribution is -0.128. The van der Waals surface area contributed by atoms with Gasteiger partial charge in [0.2, 0.25) is 11.8 Å². The summed E-state index contributed by atoms with van der Waals surface area (Å²) in [5.41, 5.74) is 3.55. The Morgan fingerprint density at radius 3 is 2.44 bits per heavy atom. The van der Waals surface area contributed by atoms with Crippen molar-refractivity contribution in [2.75, 3.05) is 38.5 Å². The highest BCUT2D eigenvalue weighted by atomic mass is 19.3. The minimum absolute atomic E-state index is 0.0590. The van der Waals surface area contributed by atoms with E-state index in [1.807, 2.05) is 50.1 Å². The molecule has 0 fully saturated rings. The number of hydrogen-bond acceptors (Lipinski definition) is 8. The summed E-state index contributed by atoms with van der Waals surface area (Å²) in [6.45, 7) is 3.70. The second kappa shape index (κ2) is 11.5. The molecule has 3 aromatic heterocycles. The molecule has 1 aromatic carbocycles. The number of aromatic nitrogens is 4. The normalized spacial score (nSPS) is 11.9. The van der Waals surface area contributed by atoms with E-state index in [9.17, 15) is 13.6 Å². The number of amides is 1. The van der Waals surface area contributed by atoms with Gasteiger partial charge in [-0.25, -0.2) is 23.7 Å². The molecule has 0 unspecified atom stereocenters. The average Bonchev–Trinajstić information content (AvgIpc) is 2.92. The van der Waals surface area contributed by atoms with Crippen LogP contribution in [0.15, 0.2) is 48.8 Å². The number of benzene rings is 1. The Hall–Kier alpha value is -4.41. The number of rotatable bonds is 9. The zero-order valence-corrected chi connectivity index (χ0v) is 22.7. The number of carbonyl (C=O) groups is 1. The van der Waals surface area contributed by atoms with E-state index in [1.54, 1.807) is 26.4 Å². The van der Waals surface area contributed by atoms with E-state index in [-0.39, 0.29) is 23.9 Å². The Kier molecular flexibility index (Phi) is 8.18.